The SMILES string of the molecule is C=CCOC(=O)[C@H]1[C@@H](C(=O)N(CC(C)(C)C)c2cc(Cl)cc(Cl)c2)[C@H]2CCCN2[C@]12C(=O)Nc1c(Cl)cc(Cl)cc12. The first-order valence-electron chi connectivity index (χ1n) is 13.4. The summed E-state index contributed by atoms with van der Waals surface area (Å²) in [6.45, 7) is 10.4. The van der Waals surface area contributed by atoms with E-state index in [0.29, 0.717) is 51.5 Å². The summed E-state index contributed by atoms with van der Waals surface area (Å²) in [6.07, 6.45) is 2.80. The van der Waals surface area contributed by atoms with Gasteiger partial charge < -0.3 is 15.0 Å². The number of anilines is 2. The third-order valence-corrected chi connectivity index (χ3v) is 8.92. The lowest BCUT2D eigenvalue weighted by atomic mass is 9.73. The maximum Gasteiger partial charge on any atom is 0.312 e. The minimum absolute atomic E-state index is 0.0720. The van der Waals surface area contributed by atoms with E-state index in [1.54, 1.807) is 35.2 Å². The molecule has 0 aromatic heterocycles. The number of carbonyl (C=O) groups is 3. The van der Waals surface area contributed by atoms with E-state index in [9.17, 15) is 14.4 Å². The van der Waals surface area contributed by atoms with Crippen LogP contribution in [0.3, 0.4) is 0 Å². The zero-order valence-electron chi connectivity index (χ0n) is 23.0. The minimum Gasteiger partial charge on any atom is -0.461 e. The molecule has 1 spiro atoms. The van der Waals surface area contributed by atoms with Gasteiger partial charge in [0.1, 0.15) is 18.1 Å². The third-order valence-electron chi connectivity index (χ3n) is 7.97. The van der Waals surface area contributed by atoms with Gasteiger partial charge in [-0.25, -0.2) is 0 Å². The maximum atomic E-state index is 14.9. The second kappa shape index (κ2) is 11.1. The number of halogens is 4. The molecule has 2 aromatic carbocycles. The molecule has 0 aliphatic carbocycles. The molecule has 2 saturated heterocycles. The molecule has 3 aliphatic rings. The largest absolute Gasteiger partial charge is 0.461 e. The first-order valence-corrected chi connectivity index (χ1v) is 14.9. The van der Waals surface area contributed by atoms with Crippen molar-refractivity contribution in [2.24, 2.45) is 17.3 Å². The number of rotatable bonds is 6. The summed E-state index contributed by atoms with van der Waals surface area (Å²) in [5.41, 5.74) is -0.505. The standard InChI is InChI=1S/C30H31Cl4N3O4/c1-5-9-41-27(39)24-23(26(38)36(15-29(2,3)4)19-11-16(31)10-17(32)12-19)22-7-6-8-37(22)30(24)20-13-18(33)14-21(34)25(20)35-28(30)40/h5,10-14,22-24H,1,6-9,15H2,2-4H3,(H,35,40)/t22-,23+,24-,30+/m1/s1. The second-order valence-corrected chi connectivity index (χ2v) is 13.7. The Morgan fingerprint density at radius 3 is 2.41 bits per heavy atom. The van der Waals surface area contributed by atoms with Crippen LogP contribution >= 0.6 is 46.4 Å². The molecule has 2 fully saturated rings. The average Bonchev–Trinajstić information content (AvgIpc) is 3.53. The number of hydrogen-bond donors (Lipinski definition) is 1. The molecule has 0 unspecified atom stereocenters. The molecule has 0 bridgehead atoms. The van der Waals surface area contributed by atoms with Gasteiger partial charge >= 0.3 is 5.97 Å². The van der Waals surface area contributed by atoms with Crippen molar-refractivity contribution < 1.29 is 19.1 Å². The molecule has 0 saturated carbocycles. The number of hydrogen-bond acceptors (Lipinski definition) is 5. The van der Waals surface area contributed by atoms with Gasteiger partial charge in [-0.05, 0) is 55.1 Å². The number of ether oxygens (including phenoxy) is 1. The van der Waals surface area contributed by atoms with Crippen molar-refractivity contribution in [2.45, 2.75) is 45.2 Å². The first-order chi connectivity index (χ1) is 19.3. The zero-order valence-corrected chi connectivity index (χ0v) is 26.0. The summed E-state index contributed by atoms with van der Waals surface area (Å²) in [6, 6.07) is 7.72. The number of benzene rings is 2. The highest BCUT2D eigenvalue weighted by Gasteiger charge is 2.72. The molecule has 41 heavy (non-hydrogen) atoms. The van der Waals surface area contributed by atoms with E-state index in [0.717, 1.165) is 6.42 Å². The molecule has 11 heteroatoms. The van der Waals surface area contributed by atoms with Crippen LogP contribution in [0.5, 0.6) is 0 Å². The van der Waals surface area contributed by atoms with Gasteiger partial charge in [-0.15, -0.1) is 0 Å². The number of nitrogens with one attached hydrogen (secondary N) is 1. The Morgan fingerprint density at radius 2 is 1.78 bits per heavy atom. The van der Waals surface area contributed by atoms with Gasteiger partial charge in [-0.3, -0.25) is 19.3 Å². The molecule has 3 aliphatic heterocycles. The fraction of sp³-hybridized carbons (Fsp3) is 0.433. The molecule has 0 radical (unpaired) electrons. The summed E-state index contributed by atoms with van der Waals surface area (Å²) in [7, 11) is 0. The Bertz CT molecular complexity index is 1420. The number of carbonyl (C=O) groups excluding carboxylic acids is 3. The highest BCUT2D eigenvalue weighted by molar-refractivity contribution is 6.38. The lowest BCUT2D eigenvalue weighted by Gasteiger charge is -2.37. The Morgan fingerprint density at radius 1 is 1.12 bits per heavy atom. The van der Waals surface area contributed by atoms with Crippen LogP contribution in [0.25, 0.3) is 0 Å². The van der Waals surface area contributed by atoms with Crippen molar-refractivity contribution in [2.75, 3.05) is 29.9 Å². The normalized spacial score (nSPS) is 25.1. The Hall–Kier alpha value is -2.29. The van der Waals surface area contributed by atoms with Crippen molar-refractivity contribution in [3.05, 3.63) is 68.6 Å². The monoisotopic (exact) mass is 637 g/mol. The van der Waals surface area contributed by atoms with Crippen LogP contribution in [0.1, 0.15) is 39.2 Å². The van der Waals surface area contributed by atoms with E-state index in [1.165, 1.54) is 6.08 Å². The predicted octanol–water partition coefficient (Wildman–Crippen LogP) is 6.97. The van der Waals surface area contributed by atoms with E-state index in [4.69, 9.17) is 51.1 Å². The van der Waals surface area contributed by atoms with Crippen LogP contribution < -0.4 is 10.2 Å². The van der Waals surface area contributed by atoms with Gasteiger partial charge in [-0.1, -0.05) is 79.8 Å². The minimum atomic E-state index is -1.54. The van der Waals surface area contributed by atoms with E-state index < -0.39 is 35.3 Å². The Labute approximate surface area is 259 Å². The first kappa shape index (κ1) is 30.2. The number of nitrogens with zero attached hydrogens (tertiary/aromatic N) is 2. The van der Waals surface area contributed by atoms with Gasteiger partial charge in [0.05, 0.1) is 16.6 Å². The predicted molar refractivity (Wildman–Crippen MR) is 163 cm³/mol. The topological polar surface area (TPSA) is 79.0 Å². The van der Waals surface area contributed by atoms with E-state index in [-0.39, 0.29) is 23.0 Å². The van der Waals surface area contributed by atoms with Crippen LogP contribution in [-0.4, -0.2) is 48.4 Å². The average molecular weight is 639 g/mol. The summed E-state index contributed by atoms with van der Waals surface area (Å²) >= 11 is 25.7. The van der Waals surface area contributed by atoms with Gasteiger partial charge in [-0.2, -0.15) is 0 Å². The molecular formula is C30H31Cl4N3O4. The maximum absolute atomic E-state index is 14.9. The summed E-state index contributed by atoms with van der Waals surface area (Å²) < 4.78 is 5.61. The van der Waals surface area contributed by atoms with Crippen LogP contribution in [-0.2, 0) is 24.7 Å². The van der Waals surface area contributed by atoms with E-state index in [1.807, 2.05) is 25.7 Å². The van der Waals surface area contributed by atoms with Crippen molar-refractivity contribution in [1.82, 2.24) is 4.90 Å². The smallest absolute Gasteiger partial charge is 0.312 e. The molecule has 1 N–H and O–H groups in total. The van der Waals surface area contributed by atoms with Crippen molar-refractivity contribution in [3.63, 3.8) is 0 Å². The van der Waals surface area contributed by atoms with Crippen LogP contribution in [0.4, 0.5) is 11.4 Å². The number of esters is 1. The van der Waals surface area contributed by atoms with Gasteiger partial charge in [0.2, 0.25) is 5.91 Å². The molecule has 2 aromatic rings. The second-order valence-electron chi connectivity index (χ2n) is 12.0. The zero-order chi connectivity index (χ0) is 29.9. The van der Waals surface area contributed by atoms with E-state index >= 15 is 0 Å². The van der Waals surface area contributed by atoms with Crippen LogP contribution in [0, 0.1) is 17.3 Å². The summed E-state index contributed by atoms with van der Waals surface area (Å²) in [5.74, 6) is -3.54. The Kier molecular flexibility index (Phi) is 8.16. The lowest BCUT2D eigenvalue weighted by Crippen LogP contribution is -2.54. The van der Waals surface area contributed by atoms with Gasteiger partial charge in [0, 0.05) is 38.9 Å². The summed E-state index contributed by atoms with van der Waals surface area (Å²) in [4.78, 5) is 46.6. The fourth-order valence-corrected chi connectivity index (χ4v) is 7.75. The van der Waals surface area contributed by atoms with Crippen molar-refractivity contribution in [1.29, 1.82) is 0 Å². The molecule has 4 atom stereocenters. The number of fused-ring (bicyclic) bond motifs is 4. The molecule has 2 amide bonds. The van der Waals surface area contributed by atoms with Crippen LogP contribution in [0.15, 0.2) is 43.0 Å². The molecule has 218 valence electrons. The van der Waals surface area contributed by atoms with Gasteiger partial charge in [0.25, 0.3) is 5.91 Å². The van der Waals surface area contributed by atoms with Crippen molar-refractivity contribution in [3.8, 4) is 0 Å². The lowest BCUT2D eigenvalue weighted by molar-refractivity contribution is -0.157. The van der Waals surface area contributed by atoms with Gasteiger partial charge in [0.15, 0.2) is 0 Å². The molecular weight excluding hydrogens is 608 g/mol. The quantitative estimate of drug-likeness (QED) is 0.273. The third kappa shape index (κ3) is 5.14. The Balaban J connectivity index is 1.73. The highest BCUT2D eigenvalue weighted by atomic mass is 35.5. The van der Waals surface area contributed by atoms with Crippen molar-refractivity contribution >= 4 is 75.6 Å². The number of amides is 2. The summed E-state index contributed by atoms with van der Waals surface area (Å²) in [5, 5.41) is 4.21. The van der Waals surface area contributed by atoms with Crippen LogP contribution in [0.2, 0.25) is 20.1 Å². The highest BCUT2D eigenvalue weighted by Crippen LogP contribution is 2.60. The van der Waals surface area contributed by atoms with E-state index in [2.05, 4.69) is 11.9 Å². The molecule has 3 heterocycles. The molecule has 5 rings (SSSR count). The fourth-order valence-electron chi connectivity index (χ4n) is 6.69. The molecule has 7 nitrogen and oxygen atoms in total.